The highest BCUT2D eigenvalue weighted by molar-refractivity contribution is 5.92. The third kappa shape index (κ3) is 3.42. The Kier molecular flexibility index (Phi) is 4.30. The van der Waals surface area contributed by atoms with Crippen LogP contribution in [0.2, 0.25) is 0 Å². The number of aliphatic hydroxyl groups is 1. The fraction of sp³-hybridized carbons (Fsp3) is 0.286. The molecule has 5 nitrogen and oxygen atoms in total. The highest BCUT2D eigenvalue weighted by atomic mass is 16.3. The lowest BCUT2D eigenvalue weighted by atomic mass is 10.1. The summed E-state index contributed by atoms with van der Waals surface area (Å²) < 4.78 is 1.65. The standard InChI is InChI=1S/C14H17N3O2/c1-17-10-15-8-13(17)14(19)16-12(9-18)7-11-5-3-2-4-6-11/h2-6,8,10,12,18H,7,9H2,1H3,(H,16,19). The number of nitrogens with one attached hydrogen (secondary N) is 1. The largest absolute Gasteiger partial charge is 0.394 e. The van der Waals surface area contributed by atoms with Crippen LogP contribution in [0.15, 0.2) is 42.9 Å². The van der Waals surface area contributed by atoms with E-state index >= 15 is 0 Å². The van der Waals surface area contributed by atoms with Gasteiger partial charge in [0.1, 0.15) is 5.69 Å². The molecule has 0 aliphatic carbocycles. The molecule has 1 aromatic carbocycles. The van der Waals surface area contributed by atoms with Gasteiger partial charge >= 0.3 is 0 Å². The minimum atomic E-state index is -0.301. The van der Waals surface area contributed by atoms with E-state index in [1.54, 1.807) is 17.9 Å². The van der Waals surface area contributed by atoms with Crippen molar-refractivity contribution in [1.82, 2.24) is 14.9 Å². The second kappa shape index (κ2) is 6.15. The molecule has 0 spiro atoms. The van der Waals surface area contributed by atoms with Crippen LogP contribution in [0.4, 0.5) is 0 Å². The van der Waals surface area contributed by atoms with Gasteiger partial charge in [0, 0.05) is 7.05 Å². The van der Waals surface area contributed by atoms with Crippen LogP contribution in [-0.4, -0.2) is 33.2 Å². The number of rotatable bonds is 5. The van der Waals surface area contributed by atoms with Gasteiger partial charge in [-0.25, -0.2) is 4.98 Å². The van der Waals surface area contributed by atoms with Gasteiger partial charge in [0.2, 0.25) is 0 Å². The molecule has 0 saturated heterocycles. The molecule has 1 unspecified atom stereocenters. The van der Waals surface area contributed by atoms with E-state index < -0.39 is 0 Å². The van der Waals surface area contributed by atoms with Crippen LogP contribution in [0.1, 0.15) is 16.1 Å². The molecule has 1 amide bonds. The van der Waals surface area contributed by atoms with Crippen LogP contribution in [0.25, 0.3) is 0 Å². The van der Waals surface area contributed by atoms with E-state index in [0.29, 0.717) is 12.1 Å². The number of aliphatic hydroxyl groups excluding tert-OH is 1. The second-order valence-electron chi connectivity index (χ2n) is 4.43. The maximum Gasteiger partial charge on any atom is 0.269 e. The number of carbonyl (C=O) groups is 1. The van der Waals surface area contributed by atoms with E-state index in [-0.39, 0.29) is 18.6 Å². The molecule has 1 aromatic heterocycles. The van der Waals surface area contributed by atoms with Crippen molar-refractivity contribution in [2.24, 2.45) is 7.05 Å². The smallest absolute Gasteiger partial charge is 0.269 e. The fourth-order valence-corrected chi connectivity index (χ4v) is 1.90. The minimum absolute atomic E-state index is 0.0987. The Hall–Kier alpha value is -2.14. The van der Waals surface area contributed by atoms with E-state index in [1.807, 2.05) is 30.3 Å². The van der Waals surface area contributed by atoms with Crippen molar-refractivity contribution >= 4 is 5.91 Å². The van der Waals surface area contributed by atoms with Gasteiger partial charge in [-0.3, -0.25) is 4.79 Å². The molecule has 0 aliphatic rings. The Balaban J connectivity index is 2.00. The van der Waals surface area contributed by atoms with Crippen molar-refractivity contribution < 1.29 is 9.90 Å². The summed E-state index contributed by atoms with van der Waals surface area (Å²) in [7, 11) is 1.76. The van der Waals surface area contributed by atoms with Crippen LogP contribution >= 0.6 is 0 Å². The second-order valence-corrected chi connectivity index (χ2v) is 4.43. The first-order chi connectivity index (χ1) is 9.20. The van der Waals surface area contributed by atoms with Crippen LogP contribution in [0, 0.1) is 0 Å². The average molecular weight is 259 g/mol. The summed E-state index contributed by atoms with van der Waals surface area (Å²) in [5.41, 5.74) is 1.55. The lowest BCUT2D eigenvalue weighted by Crippen LogP contribution is -2.39. The number of amides is 1. The lowest BCUT2D eigenvalue weighted by Gasteiger charge is -2.16. The molecular weight excluding hydrogens is 242 g/mol. The molecule has 0 bridgehead atoms. The Bertz CT molecular complexity index is 537. The van der Waals surface area contributed by atoms with Crippen molar-refractivity contribution in [3.05, 3.63) is 54.1 Å². The third-order valence-electron chi connectivity index (χ3n) is 2.93. The lowest BCUT2D eigenvalue weighted by molar-refractivity contribution is 0.0908. The molecule has 2 rings (SSSR count). The Morgan fingerprint density at radius 2 is 2.16 bits per heavy atom. The molecule has 2 N–H and O–H groups in total. The molecule has 100 valence electrons. The van der Waals surface area contributed by atoms with Crippen molar-refractivity contribution in [3.8, 4) is 0 Å². The summed E-state index contributed by atoms with van der Waals surface area (Å²) in [6.45, 7) is -0.0987. The minimum Gasteiger partial charge on any atom is -0.394 e. The highest BCUT2D eigenvalue weighted by Gasteiger charge is 2.15. The van der Waals surface area contributed by atoms with Crippen molar-refractivity contribution in [1.29, 1.82) is 0 Å². The van der Waals surface area contributed by atoms with Gasteiger partial charge in [0.15, 0.2) is 0 Å². The normalized spacial score (nSPS) is 12.1. The van der Waals surface area contributed by atoms with E-state index in [0.717, 1.165) is 5.56 Å². The number of aryl methyl sites for hydroxylation is 1. The summed E-state index contributed by atoms with van der Waals surface area (Å²) in [4.78, 5) is 15.9. The number of carbonyl (C=O) groups excluding carboxylic acids is 1. The Morgan fingerprint density at radius 3 is 2.74 bits per heavy atom. The predicted octanol–water partition coefficient (Wildman–Crippen LogP) is 0.753. The molecule has 1 heterocycles. The van der Waals surface area contributed by atoms with Gasteiger partial charge in [-0.1, -0.05) is 30.3 Å². The summed E-state index contributed by atoms with van der Waals surface area (Å²) in [5, 5.41) is 12.2. The number of hydrogen-bond acceptors (Lipinski definition) is 3. The van der Waals surface area contributed by atoms with Gasteiger partial charge in [0.05, 0.1) is 25.2 Å². The number of imidazole rings is 1. The monoisotopic (exact) mass is 259 g/mol. The summed E-state index contributed by atoms with van der Waals surface area (Å²) in [5.74, 6) is -0.227. The molecule has 0 fully saturated rings. The molecule has 1 atom stereocenters. The van der Waals surface area contributed by atoms with Crippen LogP contribution < -0.4 is 5.32 Å². The van der Waals surface area contributed by atoms with E-state index in [4.69, 9.17) is 0 Å². The molecule has 0 radical (unpaired) electrons. The quantitative estimate of drug-likeness (QED) is 0.832. The first kappa shape index (κ1) is 13.3. The first-order valence-corrected chi connectivity index (χ1v) is 6.12. The summed E-state index contributed by atoms with van der Waals surface area (Å²) in [6, 6.07) is 9.45. The number of nitrogens with zero attached hydrogens (tertiary/aromatic N) is 2. The van der Waals surface area contributed by atoms with E-state index in [9.17, 15) is 9.90 Å². The molecular formula is C14H17N3O2. The van der Waals surface area contributed by atoms with Gasteiger partial charge in [-0.2, -0.15) is 0 Å². The van der Waals surface area contributed by atoms with Crippen LogP contribution in [-0.2, 0) is 13.5 Å². The summed E-state index contributed by atoms with van der Waals surface area (Å²) >= 11 is 0. The van der Waals surface area contributed by atoms with E-state index in [2.05, 4.69) is 10.3 Å². The SMILES string of the molecule is Cn1cncc1C(=O)NC(CO)Cc1ccccc1. The highest BCUT2D eigenvalue weighted by Crippen LogP contribution is 2.04. The van der Waals surface area contributed by atoms with Gasteiger partial charge in [-0.15, -0.1) is 0 Å². The third-order valence-corrected chi connectivity index (χ3v) is 2.93. The summed E-state index contributed by atoms with van der Waals surface area (Å²) in [6.07, 6.45) is 3.67. The Morgan fingerprint density at radius 1 is 1.42 bits per heavy atom. The topological polar surface area (TPSA) is 67.2 Å². The number of hydrogen-bond donors (Lipinski definition) is 2. The molecule has 5 heteroatoms. The number of benzene rings is 1. The van der Waals surface area contributed by atoms with Crippen molar-refractivity contribution in [2.45, 2.75) is 12.5 Å². The maximum atomic E-state index is 12.0. The van der Waals surface area contributed by atoms with E-state index in [1.165, 1.54) is 6.20 Å². The zero-order valence-electron chi connectivity index (χ0n) is 10.8. The molecule has 2 aromatic rings. The number of aromatic nitrogens is 2. The molecule has 0 aliphatic heterocycles. The van der Waals surface area contributed by atoms with Crippen molar-refractivity contribution in [2.75, 3.05) is 6.61 Å². The van der Waals surface area contributed by atoms with Crippen LogP contribution in [0.5, 0.6) is 0 Å². The predicted molar refractivity (Wildman–Crippen MR) is 71.7 cm³/mol. The molecule has 0 saturated carbocycles. The maximum absolute atomic E-state index is 12.0. The fourth-order valence-electron chi connectivity index (χ4n) is 1.90. The first-order valence-electron chi connectivity index (χ1n) is 6.12. The molecule has 19 heavy (non-hydrogen) atoms. The van der Waals surface area contributed by atoms with Crippen LogP contribution in [0.3, 0.4) is 0 Å². The zero-order valence-corrected chi connectivity index (χ0v) is 10.8. The van der Waals surface area contributed by atoms with Gasteiger partial charge < -0.3 is 15.0 Å². The average Bonchev–Trinajstić information content (AvgIpc) is 2.85. The zero-order chi connectivity index (χ0) is 13.7. The van der Waals surface area contributed by atoms with Gasteiger partial charge in [0.25, 0.3) is 5.91 Å². The van der Waals surface area contributed by atoms with Crippen molar-refractivity contribution in [3.63, 3.8) is 0 Å². The van der Waals surface area contributed by atoms with Gasteiger partial charge in [-0.05, 0) is 12.0 Å². The Labute approximate surface area is 111 Å².